The molecular formula is C15H10ClFINO2. The number of hydrogen-bond donors (Lipinski definition) is 0. The molecule has 1 aliphatic rings. The molecule has 2 aromatic rings. The summed E-state index contributed by atoms with van der Waals surface area (Å²) in [7, 11) is 0. The number of benzene rings is 2. The number of rotatable bonds is 2. The van der Waals surface area contributed by atoms with E-state index < -0.39 is 5.82 Å². The minimum Gasteiger partial charge on any atom is -0.482 e. The summed E-state index contributed by atoms with van der Waals surface area (Å²) >= 11 is 7.97. The average molecular weight is 418 g/mol. The van der Waals surface area contributed by atoms with Crippen LogP contribution in [0.2, 0.25) is 5.02 Å². The summed E-state index contributed by atoms with van der Waals surface area (Å²) in [5.74, 6) is 0.0718. The number of amides is 1. The van der Waals surface area contributed by atoms with Gasteiger partial charge in [0.15, 0.2) is 6.61 Å². The van der Waals surface area contributed by atoms with E-state index in [0.29, 0.717) is 18.0 Å². The molecule has 0 N–H and O–H groups in total. The first-order chi connectivity index (χ1) is 10.0. The Bertz CT molecular complexity index is 723. The Kier molecular flexibility index (Phi) is 4.03. The number of carbonyl (C=O) groups is 1. The Balaban J connectivity index is 1.94. The molecule has 0 saturated carbocycles. The van der Waals surface area contributed by atoms with Crippen molar-refractivity contribution in [1.82, 2.24) is 0 Å². The van der Waals surface area contributed by atoms with Crippen molar-refractivity contribution in [2.45, 2.75) is 6.54 Å². The lowest BCUT2D eigenvalue weighted by atomic mass is 10.1. The first-order valence-electron chi connectivity index (χ1n) is 6.21. The number of hydrogen-bond acceptors (Lipinski definition) is 2. The summed E-state index contributed by atoms with van der Waals surface area (Å²) < 4.78 is 19.7. The molecule has 0 spiro atoms. The third-order valence-corrected chi connectivity index (χ3v) is 4.15. The SMILES string of the molecule is O=C1COc2cc(I)ccc2N1Cc1ccc(F)c(Cl)c1. The van der Waals surface area contributed by atoms with Crippen LogP contribution in [-0.4, -0.2) is 12.5 Å². The molecule has 1 aliphatic heterocycles. The fourth-order valence-electron chi connectivity index (χ4n) is 2.17. The Morgan fingerprint density at radius 3 is 2.86 bits per heavy atom. The third kappa shape index (κ3) is 2.98. The average Bonchev–Trinajstić information content (AvgIpc) is 2.46. The number of fused-ring (bicyclic) bond motifs is 1. The van der Waals surface area contributed by atoms with Crippen molar-refractivity contribution in [2.24, 2.45) is 0 Å². The number of nitrogens with zero attached hydrogens (tertiary/aromatic N) is 1. The molecule has 108 valence electrons. The van der Waals surface area contributed by atoms with Gasteiger partial charge in [0.25, 0.3) is 5.91 Å². The number of halogens is 3. The molecule has 0 aromatic heterocycles. The summed E-state index contributed by atoms with van der Waals surface area (Å²) in [6.45, 7) is 0.331. The highest BCUT2D eigenvalue weighted by molar-refractivity contribution is 14.1. The quantitative estimate of drug-likeness (QED) is 0.691. The summed E-state index contributed by atoms with van der Waals surface area (Å²) in [4.78, 5) is 13.7. The topological polar surface area (TPSA) is 29.5 Å². The second kappa shape index (κ2) is 5.81. The lowest BCUT2D eigenvalue weighted by molar-refractivity contribution is -0.121. The van der Waals surface area contributed by atoms with Gasteiger partial charge in [-0.05, 0) is 58.5 Å². The lowest BCUT2D eigenvalue weighted by Gasteiger charge is -2.29. The van der Waals surface area contributed by atoms with Crippen molar-refractivity contribution in [2.75, 3.05) is 11.5 Å². The molecule has 6 heteroatoms. The number of anilines is 1. The first kappa shape index (κ1) is 14.6. The minimum atomic E-state index is -0.469. The molecule has 3 rings (SSSR count). The molecule has 0 aliphatic carbocycles. The maximum absolute atomic E-state index is 13.2. The maximum atomic E-state index is 13.2. The second-order valence-corrected chi connectivity index (χ2v) is 6.28. The van der Waals surface area contributed by atoms with E-state index in [1.807, 2.05) is 18.2 Å². The zero-order chi connectivity index (χ0) is 15.0. The second-order valence-electron chi connectivity index (χ2n) is 4.63. The van der Waals surface area contributed by atoms with E-state index in [1.54, 1.807) is 11.0 Å². The normalized spacial score (nSPS) is 13.9. The molecular weight excluding hydrogens is 408 g/mol. The number of ether oxygens (including phenoxy) is 1. The zero-order valence-electron chi connectivity index (χ0n) is 10.8. The van der Waals surface area contributed by atoms with Crippen molar-refractivity contribution in [3.05, 3.63) is 56.4 Å². The summed E-state index contributed by atoms with van der Waals surface area (Å²) in [6, 6.07) is 10.1. The molecule has 0 saturated heterocycles. The first-order valence-corrected chi connectivity index (χ1v) is 7.67. The monoisotopic (exact) mass is 417 g/mol. The van der Waals surface area contributed by atoms with Crippen LogP contribution in [0.3, 0.4) is 0 Å². The predicted octanol–water partition coefficient (Wildman–Crippen LogP) is 4.01. The van der Waals surface area contributed by atoms with Gasteiger partial charge in [-0.2, -0.15) is 0 Å². The van der Waals surface area contributed by atoms with E-state index in [0.717, 1.165) is 9.13 Å². The Hall–Kier alpha value is -1.34. The molecule has 0 fully saturated rings. The van der Waals surface area contributed by atoms with Crippen LogP contribution in [0.15, 0.2) is 36.4 Å². The molecule has 3 nitrogen and oxygen atoms in total. The van der Waals surface area contributed by atoms with Gasteiger partial charge in [-0.1, -0.05) is 17.7 Å². The molecule has 21 heavy (non-hydrogen) atoms. The maximum Gasteiger partial charge on any atom is 0.265 e. The van der Waals surface area contributed by atoms with E-state index in [1.165, 1.54) is 12.1 Å². The standard InChI is InChI=1S/C15H10ClFINO2/c16-11-5-9(1-3-12(11)17)7-19-13-4-2-10(18)6-14(13)21-8-15(19)20/h1-6H,7-8H2. The van der Waals surface area contributed by atoms with Crippen molar-refractivity contribution < 1.29 is 13.9 Å². The highest BCUT2D eigenvalue weighted by Gasteiger charge is 2.25. The summed E-state index contributed by atoms with van der Waals surface area (Å²) in [5.41, 5.74) is 1.48. The highest BCUT2D eigenvalue weighted by atomic mass is 127. The van der Waals surface area contributed by atoms with Crippen LogP contribution < -0.4 is 9.64 Å². The van der Waals surface area contributed by atoms with Crippen LogP contribution in [0.25, 0.3) is 0 Å². The minimum absolute atomic E-state index is 0.00200. The molecule has 0 bridgehead atoms. The summed E-state index contributed by atoms with van der Waals surface area (Å²) in [5, 5.41) is 0.0519. The Labute approximate surface area is 139 Å². The van der Waals surface area contributed by atoms with Crippen molar-refractivity contribution in [1.29, 1.82) is 0 Å². The van der Waals surface area contributed by atoms with Crippen LogP contribution in [0.4, 0.5) is 10.1 Å². The fraction of sp³-hybridized carbons (Fsp3) is 0.133. The van der Waals surface area contributed by atoms with Crippen molar-refractivity contribution in [3.8, 4) is 5.75 Å². The molecule has 2 aromatic carbocycles. The van der Waals surface area contributed by atoms with Crippen molar-refractivity contribution in [3.63, 3.8) is 0 Å². The molecule has 1 amide bonds. The highest BCUT2D eigenvalue weighted by Crippen LogP contribution is 2.34. The Morgan fingerprint density at radius 2 is 2.10 bits per heavy atom. The van der Waals surface area contributed by atoms with Gasteiger partial charge in [0.05, 0.1) is 17.3 Å². The zero-order valence-corrected chi connectivity index (χ0v) is 13.7. The van der Waals surface area contributed by atoms with Crippen molar-refractivity contribution >= 4 is 45.8 Å². The van der Waals surface area contributed by atoms with Gasteiger partial charge >= 0.3 is 0 Å². The van der Waals surface area contributed by atoms with E-state index >= 15 is 0 Å². The van der Waals surface area contributed by atoms with E-state index in [-0.39, 0.29) is 17.5 Å². The van der Waals surface area contributed by atoms with Gasteiger partial charge in [-0.25, -0.2) is 4.39 Å². The van der Waals surface area contributed by atoms with Gasteiger partial charge in [-0.15, -0.1) is 0 Å². The van der Waals surface area contributed by atoms with E-state index in [4.69, 9.17) is 16.3 Å². The molecule has 1 heterocycles. The molecule has 0 unspecified atom stereocenters. The fourth-order valence-corrected chi connectivity index (χ4v) is 2.84. The Morgan fingerprint density at radius 1 is 1.29 bits per heavy atom. The van der Waals surface area contributed by atoms with E-state index in [2.05, 4.69) is 22.6 Å². The third-order valence-electron chi connectivity index (χ3n) is 3.19. The number of carbonyl (C=O) groups excluding carboxylic acids is 1. The van der Waals surface area contributed by atoms with E-state index in [9.17, 15) is 9.18 Å². The summed E-state index contributed by atoms with van der Waals surface area (Å²) in [6.07, 6.45) is 0. The largest absolute Gasteiger partial charge is 0.482 e. The van der Waals surface area contributed by atoms with Crippen LogP contribution >= 0.6 is 34.2 Å². The van der Waals surface area contributed by atoms with Gasteiger partial charge in [0.2, 0.25) is 0 Å². The van der Waals surface area contributed by atoms with Crippen LogP contribution in [0, 0.1) is 9.39 Å². The predicted molar refractivity (Wildman–Crippen MR) is 87.3 cm³/mol. The van der Waals surface area contributed by atoms with Crippen LogP contribution in [-0.2, 0) is 11.3 Å². The van der Waals surface area contributed by atoms with Crippen LogP contribution in [0.1, 0.15) is 5.56 Å². The lowest BCUT2D eigenvalue weighted by Crippen LogP contribution is -2.38. The van der Waals surface area contributed by atoms with Crippen LogP contribution in [0.5, 0.6) is 5.75 Å². The molecule has 0 radical (unpaired) electrons. The molecule has 0 atom stereocenters. The van der Waals surface area contributed by atoms with Gasteiger partial charge in [-0.3, -0.25) is 4.79 Å². The van der Waals surface area contributed by atoms with Gasteiger partial charge in [0, 0.05) is 3.57 Å². The van der Waals surface area contributed by atoms with Gasteiger partial charge in [0.1, 0.15) is 11.6 Å². The van der Waals surface area contributed by atoms with Gasteiger partial charge < -0.3 is 9.64 Å². The smallest absolute Gasteiger partial charge is 0.265 e.